The number of piperidine rings is 1. The zero-order chi connectivity index (χ0) is 21.9. The zero-order valence-electron chi connectivity index (χ0n) is 18.0. The first kappa shape index (κ1) is 22.2. The Morgan fingerprint density at radius 2 is 1.93 bits per heavy atom. The van der Waals surface area contributed by atoms with Gasteiger partial charge in [0.05, 0.1) is 24.2 Å². The predicted octanol–water partition coefficient (Wildman–Crippen LogP) is 2.91. The molecule has 1 saturated heterocycles. The van der Waals surface area contributed by atoms with Gasteiger partial charge in [-0.2, -0.15) is 4.31 Å². The second-order valence-corrected chi connectivity index (χ2v) is 9.57. The summed E-state index contributed by atoms with van der Waals surface area (Å²) >= 11 is 0. The van der Waals surface area contributed by atoms with Crippen LogP contribution in [-0.4, -0.2) is 55.3 Å². The number of rotatable bonds is 6. The van der Waals surface area contributed by atoms with E-state index < -0.39 is 16.1 Å². The number of pyridine rings is 1. The maximum Gasteiger partial charge on any atom is 0.243 e. The summed E-state index contributed by atoms with van der Waals surface area (Å²) in [4.78, 5) is 19.5. The minimum absolute atomic E-state index is 0.213. The molecule has 30 heavy (non-hydrogen) atoms. The van der Waals surface area contributed by atoms with Gasteiger partial charge in [-0.25, -0.2) is 8.42 Å². The molecule has 1 aromatic heterocycles. The van der Waals surface area contributed by atoms with Gasteiger partial charge >= 0.3 is 0 Å². The molecule has 162 valence electrons. The van der Waals surface area contributed by atoms with Crippen LogP contribution >= 0.6 is 0 Å². The number of sulfonamides is 1. The van der Waals surface area contributed by atoms with Crippen LogP contribution in [0.4, 0.5) is 0 Å². The fraction of sp³-hybridized carbons (Fsp3) is 0.455. The number of benzene rings is 1. The Morgan fingerprint density at radius 3 is 2.60 bits per heavy atom. The fourth-order valence-electron chi connectivity index (χ4n) is 3.95. The number of aromatic nitrogens is 1. The van der Waals surface area contributed by atoms with Crippen LogP contribution in [0.25, 0.3) is 0 Å². The quantitative estimate of drug-likeness (QED) is 0.703. The Kier molecular flexibility index (Phi) is 6.77. The van der Waals surface area contributed by atoms with Crippen molar-refractivity contribution in [3.05, 3.63) is 53.3 Å². The van der Waals surface area contributed by atoms with E-state index in [1.54, 1.807) is 55.6 Å². The third kappa shape index (κ3) is 4.34. The van der Waals surface area contributed by atoms with Crippen molar-refractivity contribution in [1.29, 1.82) is 0 Å². The molecule has 1 aliphatic heterocycles. The first-order valence-corrected chi connectivity index (χ1v) is 11.5. The van der Waals surface area contributed by atoms with E-state index >= 15 is 0 Å². The molecule has 0 radical (unpaired) electrons. The van der Waals surface area contributed by atoms with E-state index in [4.69, 9.17) is 4.74 Å². The van der Waals surface area contributed by atoms with Crippen LogP contribution in [0.15, 0.2) is 41.4 Å². The largest absolute Gasteiger partial charge is 0.496 e. The van der Waals surface area contributed by atoms with Crippen molar-refractivity contribution >= 4 is 15.9 Å². The molecule has 0 saturated carbocycles. The summed E-state index contributed by atoms with van der Waals surface area (Å²) in [6.07, 6.45) is 3.81. The lowest BCUT2D eigenvalue weighted by Crippen LogP contribution is -2.52. The third-order valence-electron chi connectivity index (χ3n) is 5.60. The number of nitrogens with zero attached hydrogens (tertiary/aromatic N) is 3. The fourth-order valence-corrected chi connectivity index (χ4v) is 5.63. The topological polar surface area (TPSA) is 79.8 Å². The Balaban J connectivity index is 1.84. The summed E-state index contributed by atoms with van der Waals surface area (Å²) < 4.78 is 33.2. The summed E-state index contributed by atoms with van der Waals surface area (Å²) in [6.45, 7) is 4.47. The van der Waals surface area contributed by atoms with E-state index in [0.717, 1.165) is 35.4 Å². The van der Waals surface area contributed by atoms with Crippen molar-refractivity contribution in [2.75, 3.05) is 20.7 Å². The molecule has 8 heteroatoms. The molecule has 1 fully saturated rings. The van der Waals surface area contributed by atoms with Crippen LogP contribution in [0.1, 0.15) is 36.1 Å². The summed E-state index contributed by atoms with van der Waals surface area (Å²) in [5, 5.41) is 0. The van der Waals surface area contributed by atoms with Gasteiger partial charge in [0.2, 0.25) is 15.9 Å². The molecule has 1 unspecified atom stereocenters. The molecular formula is C22H29N3O4S. The van der Waals surface area contributed by atoms with Gasteiger partial charge in [0.15, 0.2) is 0 Å². The summed E-state index contributed by atoms with van der Waals surface area (Å²) in [5.74, 6) is 0.543. The van der Waals surface area contributed by atoms with Gasteiger partial charge < -0.3 is 9.64 Å². The number of amides is 1. The molecule has 0 N–H and O–H groups in total. The average Bonchev–Trinajstić information content (AvgIpc) is 2.76. The molecule has 2 aromatic rings. The van der Waals surface area contributed by atoms with E-state index in [1.807, 2.05) is 13.8 Å². The number of hydrogen-bond acceptors (Lipinski definition) is 5. The van der Waals surface area contributed by atoms with Crippen LogP contribution in [-0.2, 0) is 21.4 Å². The van der Waals surface area contributed by atoms with E-state index in [9.17, 15) is 13.2 Å². The number of likely N-dealkylation sites (N-methyl/N-ethyl adjacent to an activating group) is 1. The van der Waals surface area contributed by atoms with Gasteiger partial charge in [0, 0.05) is 30.9 Å². The Bertz CT molecular complexity index is 1010. The van der Waals surface area contributed by atoms with E-state index in [1.165, 1.54) is 4.31 Å². The maximum absolute atomic E-state index is 13.3. The lowest BCUT2D eigenvalue weighted by atomic mass is 10.0. The minimum Gasteiger partial charge on any atom is -0.496 e. The molecule has 7 nitrogen and oxygen atoms in total. The first-order valence-electron chi connectivity index (χ1n) is 10.1. The lowest BCUT2D eigenvalue weighted by Gasteiger charge is -2.35. The molecule has 0 aliphatic carbocycles. The molecule has 1 aliphatic rings. The monoisotopic (exact) mass is 431 g/mol. The van der Waals surface area contributed by atoms with Gasteiger partial charge in [-0.1, -0.05) is 24.6 Å². The highest BCUT2D eigenvalue weighted by atomic mass is 32.2. The zero-order valence-corrected chi connectivity index (χ0v) is 18.8. The SMILES string of the molecule is COc1c(C)cnc(CN(C)C(=O)C2CCCCN2S(=O)(=O)c2ccccc2)c1C. The summed E-state index contributed by atoms with van der Waals surface area (Å²) in [7, 11) is -0.431. The molecule has 1 amide bonds. The van der Waals surface area contributed by atoms with Gasteiger partial charge in [0.1, 0.15) is 11.8 Å². The van der Waals surface area contributed by atoms with Gasteiger partial charge in [-0.15, -0.1) is 0 Å². The molecule has 1 atom stereocenters. The van der Waals surface area contributed by atoms with Crippen molar-refractivity contribution in [2.45, 2.75) is 50.6 Å². The van der Waals surface area contributed by atoms with Crippen molar-refractivity contribution < 1.29 is 17.9 Å². The Labute approximate surface area is 178 Å². The highest BCUT2D eigenvalue weighted by molar-refractivity contribution is 7.89. The molecule has 2 heterocycles. The maximum atomic E-state index is 13.3. The molecular weight excluding hydrogens is 402 g/mol. The minimum atomic E-state index is -3.74. The lowest BCUT2D eigenvalue weighted by molar-refractivity contribution is -0.135. The standard InChI is InChI=1S/C22H29N3O4S/c1-16-14-23-19(17(2)21(16)29-4)15-24(3)22(26)20-12-8-9-13-25(20)30(27,28)18-10-6-5-7-11-18/h5-7,10-11,14,20H,8-9,12-13,15H2,1-4H3. The summed E-state index contributed by atoms with van der Waals surface area (Å²) in [6, 6.07) is 7.60. The van der Waals surface area contributed by atoms with Crippen LogP contribution in [0.2, 0.25) is 0 Å². The van der Waals surface area contributed by atoms with Crippen molar-refractivity contribution in [1.82, 2.24) is 14.2 Å². The number of methoxy groups -OCH3 is 1. The number of aryl methyl sites for hydroxylation is 1. The van der Waals surface area contributed by atoms with Gasteiger partial charge in [-0.3, -0.25) is 9.78 Å². The van der Waals surface area contributed by atoms with Crippen molar-refractivity contribution in [2.24, 2.45) is 0 Å². The molecule has 0 spiro atoms. The predicted molar refractivity (Wildman–Crippen MR) is 115 cm³/mol. The number of ether oxygens (including phenoxy) is 1. The van der Waals surface area contributed by atoms with E-state index in [2.05, 4.69) is 4.98 Å². The summed E-state index contributed by atoms with van der Waals surface area (Å²) in [5.41, 5.74) is 2.55. The second kappa shape index (κ2) is 9.14. The third-order valence-corrected chi connectivity index (χ3v) is 7.52. The average molecular weight is 432 g/mol. The first-order chi connectivity index (χ1) is 14.3. The van der Waals surface area contributed by atoms with Crippen LogP contribution in [0, 0.1) is 13.8 Å². The van der Waals surface area contributed by atoms with Crippen LogP contribution in [0.3, 0.4) is 0 Å². The number of carbonyl (C=O) groups is 1. The van der Waals surface area contributed by atoms with Crippen LogP contribution < -0.4 is 4.74 Å². The van der Waals surface area contributed by atoms with E-state index in [0.29, 0.717) is 13.0 Å². The van der Waals surface area contributed by atoms with Gasteiger partial charge in [-0.05, 0) is 38.8 Å². The smallest absolute Gasteiger partial charge is 0.243 e. The van der Waals surface area contributed by atoms with E-state index in [-0.39, 0.29) is 17.3 Å². The van der Waals surface area contributed by atoms with Crippen molar-refractivity contribution in [3.63, 3.8) is 0 Å². The molecule has 3 rings (SSSR count). The second-order valence-electron chi connectivity index (χ2n) is 7.68. The Hall–Kier alpha value is -2.45. The van der Waals surface area contributed by atoms with Gasteiger partial charge in [0.25, 0.3) is 0 Å². The highest BCUT2D eigenvalue weighted by Crippen LogP contribution is 2.28. The number of hydrogen-bond donors (Lipinski definition) is 0. The van der Waals surface area contributed by atoms with Crippen LogP contribution in [0.5, 0.6) is 5.75 Å². The normalized spacial score (nSPS) is 17.5. The highest BCUT2D eigenvalue weighted by Gasteiger charge is 2.38. The Morgan fingerprint density at radius 1 is 1.23 bits per heavy atom. The number of carbonyl (C=O) groups excluding carboxylic acids is 1. The molecule has 1 aromatic carbocycles. The van der Waals surface area contributed by atoms with Crippen molar-refractivity contribution in [3.8, 4) is 5.75 Å². The molecule has 0 bridgehead atoms.